The van der Waals surface area contributed by atoms with Crippen LogP contribution in [0, 0.1) is 0 Å². The number of hydrogen-bond acceptors (Lipinski definition) is 2. The van der Waals surface area contributed by atoms with Crippen LogP contribution in [0.3, 0.4) is 0 Å². The minimum atomic E-state index is -1.31. The summed E-state index contributed by atoms with van der Waals surface area (Å²) in [5.74, 6) is -0.246. The number of carbonyl (C=O) groups is 1. The predicted molar refractivity (Wildman–Crippen MR) is 83.3 cm³/mol. The molecule has 0 fully saturated rings. The normalized spacial score (nSPS) is 13.5. The summed E-state index contributed by atoms with van der Waals surface area (Å²) >= 11 is 0. The zero-order valence-corrected chi connectivity index (χ0v) is 13.6. The zero-order chi connectivity index (χ0) is 14.5. The van der Waals surface area contributed by atoms with Crippen LogP contribution in [0.2, 0.25) is 19.6 Å². The summed E-state index contributed by atoms with van der Waals surface area (Å²) < 4.78 is 5.00. The molecule has 0 aromatic heterocycles. The molecule has 1 aromatic rings. The topological polar surface area (TPSA) is 26.3 Å². The number of esters is 1. The van der Waals surface area contributed by atoms with Gasteiger partial charge >= 0.3 is 5.97 Å². The van der Waals surface area contributed by atoms with E-state index in [4.69, 9.17) is 4.74 Å². The molecule has 0 amide bonds. The minimum absolute atomic E-state index is 0.246. The lowest BCUT2D eigenvalue weighted by atomic mass is 10.1. The van der Waals surface area contributed by atoms with Gasteiger partial charge in [0.25, 0.3) is 0 Å². The van der Waals surface area contributed by atoms with Gasteiger partial charge in [-0.2, -0.15) is 0 Å². The van der Waals surface area contributed by atoms with Gasteiger partial charge in [0.2, 0.25) is 0 Å². The van der Waals surface area contributed by atoms with E-state index in [2.05, 4.69) is 50.8 Å². The molecule has 0 spiro atoms. The molecule has 0 saturated heterocycles. The van der Waals surface area contributed by atoms with Crippen molar-refractivity contribution in [1.29, 1.82) is 0 Å². The van der Waals surface area contributed by atoms with Gasteiger partial charge < -0.3 is 4.74 Å². The molecule has 0 aliphatic heterocycles. The lowest BCUT2D eigenvalue weighted by Gasteiger charge is -2.26. The lowest BCUT2D eigenvalue weighted by Crippen LogP contribution is -2.29. The first kappa shape index (κ1) is 15.7. The lowest BCUT2D eigenvalue weighted by molar-refractivity contribution is 0.0526. The molecule has 1 atom stereocenters. The van der Waals surface area contributed by atoms with Crippen LogP contribution in [0.1, 0.15) is 35.3 Å². The largest absolute Gasteiger partial charge is 0.462 e. The Morgan fingerprint density at radius 2 is 1.84 bits per heavy atom. The average molecular weight is 276 g/mol. The van der Waals surface area contributed by atoms with Crippen LogP contribution in [0.25, 0.3) is 0 Å². The minimum Gasteiger partial charge on any atom is -0.462 e. The van der Waals surface area contributed by atoms with Crippen LogP contribution in [0.4, 0.5) is 0 Å². The summed E-state index contributed by atoms with van der Waals surface area (Å²) in [6.07, 6.45) is 4.38. The van der Waals surface area contributed by atoms with Crippen molar-refractivity contribution in [2.24, 2.45) is 0 Å². The van der Waals surface area contributed by atoms with Crippen molar-refractivity contribution >= 4 is 14.0 Å². The van der Waals surface area contributed by atoms with Crippen molar-refractivity contribution in [2.45, 2.75) is 39.0 Å². The van der Waals surface area contributed by atoms with E-state index in [1.165, 1.54) is 5.56 Å². The van der Waals surface area contributed by atoms with Crippen molar-refractivity contribution in [3.63, 3.8) is 0 Å². The number of carbonyl (C=O) groups excluding carboxylic acids is 1. The number of ether oxygens (including phenoxy) is 1. The van der Waals surface area contributed by atoms with E-state index in [0.29, 0.717) is 17.7 Å². The summed E-state index contributed by atoms with van der Waals surface area (Å²) in [5, 5.41) is 0. The molecule has 19 heavy (non-hydrogen) atoms. The van der Waals surface area contributed by atoms with Crippen molar-refractivity contribution in [1.82, 2.24) is 0 Å². The molecule has 0 aliphatic rings. The summed E-state index contributed by atoms with van der Waals surface area (Å²) in [6.45, 7) is 11.4. The summed E-state index contributed by atoms with van der Waals surface area (Å²) in [4.78, 5) is 11.6. The van der Waals surface area contributed by atoms with Crippen LogP contribution in [-0.4, -0.2) is 20.7 Å². The van der Waals surface area contributed by atoms with Gasteiger partial charge in [-0.15, -0.1) is 0 Å². The number of rotatable bonds is 5. The molecule has 0 bridgehead atoms. The predicted octanol–water partition coefficient (Wildman–Crippen LogP) is 4.40. The van der Waals surface area contributed by atoms with Crippen molar-refractivity contribution in [3.05, 3.63) is 47.5 Å². The fourth-order valence-electron chi connectivity index (χ4n) is 2.13. The second kappa shape index (κ2) is 6.71. The van der Waals surface area contributed by atoms with Gasteiger partial charge in [-0.3, -0.25) is 0 Å². The Balaban J connectivity index is 2.99. The number of benzene rings is 1. The van der Waals surface area contributed by atoms with Gasteiger partial charge in [0, 0.05) is 0 Å². The second-order valence-electron chi connectivity index (χ2n) is 5.71. The Morgan fingerprint density at radius 1 is 1.26 bits per heavy atom. The van der Waals surface area contributed by atoms with Gasteiger partial charge in [0.05, 0.1) is 20.2 Å². The average Bonchev–Trinajstić information content (AvgIpc) is 2.35. The van der Waals surface area contributed by atoms with Crippen LogP contribution >= 0.6 is 0 Å². The molecule has 0 aliphatic carbocycles. The SMILES string of the molecule is C/C=C\C(c1ccc(C(=O)OCC)cc1)[Si](C)(C)C. The third kappa shape index (κ3) is 4.35. The van der Waals surface area contributed by atoms with E-state index in [9.17, 15) is 4.79 Å². The molecule has 2 nitrogen and oxygen atoms in total. The molecule has 0 N–H and O–H groups in total. The first-order valence-electron chi connectivity index (χ1n) is 6.80. The Bertz CT molecular complexity index is 441. The molecular weight excluding hydrogens is 252 g/mol. The quantitative estimate of drug-likeness (QED) is 0.452. The Labute approximate surface area is 117 Å². The maximum Gasteiger partial charge on any atom is 0.338 e. The van der Waals surface area contributed by atoms with Crippen molar-refractivity contribution in [3.8, 4) is 0 Å². The molecule has 1 aromatic carbocycles. The molecule has 3 heteroatoms. The van der Waals surface area contributed by atoms with Crippen molar-refractivity contribution < 1.29 is 9.53 Å². The van der Waals surface area contributed by atoms with Gasteiger partial charge in [-0.05, 0) is 37.1 Å². The molecule has 0 radical (unpaired) electrons. The van der Waals surface area contributed by atoms with Crippen LogP contribution in [0.5, 0.6) is 0 Å². The zero-order valence-electron chi connectivity index (χ0n) is 12.6. The fourth-order valence-corrected chi connectivity index (χ4v) is 4.10. The molecule has 0 saturated carbocycles. The Kier molecular flexibility index (Phi) is 5.55. The third-order valence-corrected chi connectivity index (χ3v) is 5.49. The third-order valence-electron chi connectivity index (χ3n) is 3.10. The Morgan fingerprint density at radius 3 is 2.26 bits per heavy atom. The smallest absolute Gasteiger partial charge is 0.338 e. The fraction of sp³-hybridized carbons (Fsp3) is 0.438. The maximum atomic E-state index is 11.6. The number of allylic oxidation sites excluding steroid dienone is 2. The van der Waals surface area contributed by atoms with Gasteiger partial charge in [-0.25, -0.2) is 4.79 Å². The first-order chi connectivity index (χ1) is 8.90. The molecule has 0 heterocycles. The van der Waals surface area contributed by atoms with E-state index in [-0.39, 0.29) is 5.97 Å². The van der Waals surface area contributed by atoms with E-state index < -0.39 is 8.07 Å². The van der Waals surface area contributed by atoms with E-state index >= 15 is 0 Å². The molecule has 104 valence electrons. The second-order valence-corrected chi connectivity index (χ2v) is 11.1. The summed E-state index contributed by atoms with van der Waals surface area (Å²) in [6, 6.07) is 7.83. The highest BCUT2D eigenvalue weighted by molar-refractivity contribution is 6.78. The van der Waals surface area contributed by atoms with Crippen LogP contribution < -0.4 is 0 Å². The standard InChI is InChI=1S/C16H24O2Si/c1-6-8-15(19(3,4)5)13-9-11-14(12-10-13)16(17)18-7-2/h6,8-12,15H,7H2,1-5H3/b8-6-. The van der Waals surface area contributed by atoms with E-state index in [1.54, 1.807) is 0 Å². The maximum absolute atomic E-state index is 11.6. The molecule has 1 unspecified atom stereocenters. The van der Waals surface area contributed by atoms with Gasteiger partial charge in [0.1, 0.15) is 0 Å². The van der Waals surface area contributed by atoms with Crippen molar-refractivity contribution in [2.75, 3.05) is 6.61 Å². The van der Waals surface area contributed by atoms with Gasteiger partial charge in [-0.1, -0.05) is 43.9 Å². The van der Waals surface area contributed by atoms with Crippen LogP contribution in [0.15, 0.2) is 36.4 Å². The highest BCUT2D eigenvalue weighted by Gasteiger charge is 2.25. The molecular formula is C16H24O2Si. The number of hydrogen-bond donors (Lipinski definition) is 0. The van der Waals surface area contributed by atoms with Gasteiger partial charge in [0.15, 0.2) is 0 Å². The monoisotopic (exact) mass is 276 g/mol. The van der Waals surface area contributed by atoms with E-state index in [0.717, 1.165) is 0 Å². The first-order valence-corrected chi connectivity index (χ1v) is 10.4. The van der Waals surface area contributed by atoms with Crippen LogP contribution in [-0.2, 0) is 4.74 Å². The Hall–Kier alpha value is -1.35. The summed E-state index contributed by atoms with van der Waals surface area (Å²) in [5.41, 5.74) is 2.39. The summed E-state index contributed by atoms with van der Waals surface area (Å²) in [7, 11) is -1.31. The highest BCUT2D eigenvalue weighted by atomic mass is 28.3. The molecule has 1 rings (SSSR count). The highest BCUT2D eigenvalue weighted by Crippen LogP contribution is 2.28. The van der Waals surface area contributed by atoms with E-state index in [1.807, 2.05) is 19.1 Å².